The molecule has 0 saturated heterocycles. The Hall–Kier alpha value is -1.63. The van der Waals surface area contributed by atoms with Crippen LogP contribution in [0, 0.1) is 0 Å². The largest absolute Gasteiger partial charge is 0.491 e. The standard InChI is InChI=1S/C18H25N3O2S.ClH/c1-12(2)23-15-8-6-14(7-9-15)5-4-13(3)20-18(22)16-11-24-17(10-19)21-16;/h6-9,11-13H,4-5,10,19H2,1-3H3,(H,20,22);1H. The van der Waals surface area contributed by atoms with E-state index in [9.17, 15) is 4.79 Å². The van der Waals surface area contributed by atoms with Crippen LogP contribution in [0.2, 0.25) is 0 Å². The Balaban J connectivity index is 0.00000312. The van der Waals surface area contributed by atoms with E-state index in [2.05, 4.69) is 22.4 Å². The second kappa shape index (κ2) is 10.4. The number of thiazole rings is 1. The van der Waals surface area contributed by atoms with Crippen molar-refractivity contribution in [1.82, 2.24) is 10.3 Å². The van der Waals surface area contributed by atoms with Gasteiger partial charge in [0.25, 0.3) is 5.91 Å². The molecule has 25 heavy (non-hydrogen) atoms. The summed E-state index contributed by atoms with van der Waals surface area (Å²) in [5, 5.41) is 5.50. The van der Waals surface area contributed by atoms with Crippen molar-refractivity contribution in [2.24, 2.45) is 5.73 Å². The van der Waals surface area contributed by atoms with Crippen molar-refractivity contribution < 1.29 is 9.53 Å². The lowest BCUT2D eigenvalue weighted by molar-refractivity contribution is 0.0934. The molecule has 0 spiro atoms. The number of amides is 1. The Bertz CT molecular complexity index is 659. The number of hydrogen-bond acceptors (Lipinski definition) is 5. The maximum Gasteiger partial charge on any atom is 0.270 e. The van der Waals surface area contributed by atoms with E-state index in [1.807, 2.05) is 32.9 Å². The Labute approximate surface area is 159 Å². The van der Waals surface area contributed by atoms with Crippen LogP contribution in [-0.2, 0) is 13.0 Å². The first kappa shape index (κ1) is 21.4. The van der Waals surface area contributed by atoms with Gasteiger partial charge in [0, 0.05) is 18.0 Å². The third-order valence-corrected chi connectivity index (χ3v) is 4.37. The van der Waals surface area contributed by atoms with Gasteiger partial charge in [0.1, 0.15) is 16.5 Å². The van der Waals surface area contributed by atoms with Crippen LogP contribution in [0.1, 0.15) is 48.3 Å². The van der Waals surface area contributed by atoms with Gasteiger partial charge >= 0.3 is 0 Å². The average Bonchev–Trinajstić information content (AvgIpc) is 3.03. The number of carbonyl (C=O) groups excluding carboxylic acids is 1. The summed E-state index contributed by atoms with van der Waals surface area (Å²) in [6, 6.07) is 8.19. The number of aromatic nitrogens is 1. The molecule has 1 aromatic heterocycles. The van der Waals surface area contributed by atoms with Gasteiger partial charge < -0.3 is 15.8 Å². The van der Waals surface area contributed by atoms with Crippen LogP contribution in [0.5, 0.6) is 5.75 Å². The summed E-state index contributed by atoms with van der Waals surface area (Å²) in [6.45, 7) is 6.39. The first-order chi connectivity index (χ1) is 11.5. The fourth-order valence-electron chi connectivity index (χ4n) is 2.27. The quantitative estimate of drug-likeness (QED) is 0.730. The van der Waals surface area contributed by atoms with Gasteiger partial charge in [-0.05, 0) is 51.3 Å². The van der Waals surface area contributed by atoms with Gasteiger partial charge in [-0.3, -0.25) is 4.79 Å². The molecule has 0 aliphatic heterocycles. The summed E-state index contributed by atoms with van der Waals surface area (Å²) < 4.78 is 5.64. The zero-order valence-electron chi connectivity index (χ0n) is 14.8. The van der Waals surface area contributed by atoms with Gasteiger partial charge in [-0.2, -0.15) is 0 Å². The van der Waals surface area contributed by atoms with Gasteiger partial charge in [-0.15, -0.1) is 23.7 Å². The van der Waals surface area contributed by atoms with E-state index >= 15 is 0 Å². The van der Waals surface area contributed by atoms with E-state index in [4.69, 9.17) is 10.5 Å². The van der Waals surface area contributed by atoms with Crippen LogP contribution in [0.4, 0.5) is 0 Å². The number of hydrogen-bond donors (Lipinski definition) is 2. The maximum absolute atomic E-state index is 12.1. The predicted molar refractivity (Wildman–Crippen MR) is 105 cm³/mol. The lowest BCUT2D eigenvalue weighted by Crippen LogP contribution is -2.33. The van der Waals surface area contributed by atoms with Crippen LogP contribution < -0.4 is 15.8 Å². The summed E-state index contributed by atoms with van der Waals surface area (Å²) >= 11 is 1.41. The lowest BCUT2D eigenvalue weighted by atomic mass is 10.1. The molecular formula is C18H26ClN3O2S. The molecule has 5 nitrogen and oxygen atoms in total. The third-order valence-electron chi connectivity index (χ3n) is 3.50. The molecule has 2 aromatic rings. The average molecular weight is 384 g/mol. The molecule has 7 heteroatoms. The van der Waals surface area contributed by atoms with Crippen LogP contribution in [0.3, 0.4) is 0 Å². The highest BCUT2D eigenvalue weighted by Gasteiger charge is 2.13. The van der Waals surface area contributed by atoms with Gasteiger partial charge in [-0.1, -0.05) is 12.1 Å². The minimum Gasteiger partial charge on any atom is -0.491 e. The van der Waals surface area contributed by atoms with E-state index in [1.54, 1.807) is 5.38 Å². The highest BCUT2D eigenvalue weighted by Crippen LogP contribution is 2.15. The van der Waals surface area contributed by atoms with Crippen molar-refractivity contribution in [2.45, 2.75) is 52.3 Å². The molecule has 1 atom stereocenters. The van der Waals surface area contributed by atoms with Gasteiger partial charge in [0.15, 0.2) is 0 Å². The zero-order valence-corrected chi connectivity index (χ0v) is 16.5. The van der Waals surface area contributed by atoms with Crippen molar-refractivity contribution in [3.8, 4) is 5.75 Å². The van der Waals surface area contributed by atoms with E-state index in [-0.39, 0.29) is 30.5 Å². The zero-order chi connectivity index (χ0) is 17.5. The van der Waals surface area contributed by atoms with Crippen molar-refractivity contribution in [1.29, 1.82) is 0 Å². The molecule has 0 fully saturated rings. The fourth-order valence-corrected chi connectivity index (χ4v) is 2.92. The van der Waals surface area contributed by atoms with Crippen molar-refractivity contribution in [3.05, 3.63) is 45.9 Å². The second-order valence-corrected chi connectivity index (χ2v) is 7.00. The SMILES string of the molecule is CC(CCc1ccc(OC(C)C)cc1)NC(=O)c1csc(CN)n1.Cl. The third kappa shape index (κ3) is 7.02. The molecule has 0 bridgehead atoms. The molecule has 138 valence electrons. The van der Waals surface area contributed by atoms with Crippen molar-refractivity contribution >= 4 is 29.7 Å². The van der Waals surface area contributed by atoms with Gasteiger partial charge in [0.2, 0.25) is 0 Å². The molecule has 2 rings (SSSR count). The van der Waals surface area contributed by atoms with Gasteiger partial charge in [-0.25, -0.2) is 4.98 Å². The number of nitrogens with zero attached hydrogens (tertiary/aromatic N) is 1. The second-order valence-electron chi connectivity index (χ2n) is 6.05. The molecule has 0 aliphatic carbocycles. The minimum atomic E-state index is -0.140. The van der Waals surface area contributed by atoms with Crippen LogP contribution in [0.25, 0.3) is 0 Å². The maximum atomic E-state index is 12.1. The molecule has 1 heterocycles. The molecule has 1 amide bonds. The molecule has 1 aromatic carbocycles. The summed E-state index contributed by atoms with van der Waals surface area (Å²) in [7, 11) is 0. The number of nitrogens with one attached hydrogen (secondary N) is 1. The Morgan fingerprint density at radius 3 is 2.52 bits per heavy atom. The van der Waals surface area contributed by atoms with Crippen LogP contribution >= 0.6 is 23.7 Å². The first-order valence-corrected chi connectivity index (χ1v) is 9.07. The summed E-state index contributed by atoms with van der Waals surface area (Å²) in [5.74, 6) is 0.744. The van der Waals surface area contributed by atoms with Crippen LogP contribution in [-0.4, -0.2) is 23.0 Å². The van der Waals surface area contributed by atoms with E-state index in [0.717, 1.165) is 23.6 Å². The van der Waals surface area contributed by atoms with Crippen molar-refractivity contribution in [2.75, 3.05) is 0 Å². The number of carbonyl (C=O) groups is 1. The molecule has 0 aliphatic rings. The van der Waals surface area contributed by atoms with E-state index in [1.165, 1.54) is 16.9 Å². The minimum absolute atomic E-state index is 0. The van der Waals surface area contributed by atoms with E-state index in [0.29, 0.717) is 12.2 Å². The first-order valence-electron chi connectivity index (χ1n) is 8.19. The summed E-state index contributed by atoms with van der Waals surface area (Å²) in [4.78, 5) is 16.3. The number of rotatable bonds is 8. The van der Waals surface area contributed by atoms with E-state index < -0.39 is 0 Å². The van der Waals surface area contributed by atoms with Crippen LogP contribution in [0.15, 0.2) is 29.6 Å². The summed E-state index contributed by atoms with van der Waals surface area (Å²) in [5.41, 5.74) is 7.20. The molecule has 1 unspecified atom stereocenters. The number of ether oxygens (including phenoxy) is 1. The number of aryl methyl sites for hydroxylation is 1. The smallest absolute Gasteiger partial charge is 0.270 e. The Kier molecular flexibility index (Phi) is 8.89. The molecule has 0 saturated carbocycles. The molecule has 0 radical (unpaired) electrons. The monoisotopic (exact) mass is 383 g/mol. The fraction of sp³-hybridized carbons (Fsp3) is 0.444. The van der Waals surface area contributed by atoms with Crippen molar-refractivity contribution in [3.63, 3.8) is 0 Å². The molecular weight excluding hydrogens is 358 g/mol. The number of benzene rings is 1. The number of nitrogens with two attached hydrogens (primary N) is 1. The highest BCUT2D eigenvalue weighted by atomic mass is 35.5. The van der Waals surface area contributed by atoms with Gasteiger partial charge in [0.05, 0.1) is 6.10 Å². The summed E-state index contributed by atoms with van der Waals surface area (Å²) in [6.07, 6.45) is 1.94. The Morgan fingerprint density at radius 1 is 1.28 bits per heavy atom. The highest BCUT2D eigenvalue weighted by molar-refractivity contribution is 7.09. The Morgan fingerprint density at radius 2 is 1.96 bits per heavy atom. The normalized spacial score (nSPS) is 11.7. The predicted octanol–water partition coefficient (Wildman–Crippen LogP) is 3.56. The lowest BCUT2D eigenvalue weighted by Gasteiger charge is -2.14. The topological polar surface area (TPSA) is 77.2 Å². The number of halogens is 1. The molecule has 3 N–H and O–H groups in total.